The summed E-state index contributed by atoms with van der Waals surface area (Å²) in [6, 6.07) is 7.04. The summed E-state index contributed by atoms with van der Waals surface area (Å²) >= 11 is 0. The van der Waals surface area contributed by atoms with Crippen LogP contribution in [0.2, 0.25) is 0 Å². The van der Waals surface area contributed by atoms with Gasteiger partial charge in [0.2, 0.25) is 5.91 Å². The van der Waals surface area contributed by atoms with E-state index >= 15 is 0 Å². The lowest BCUT2D eigenvalue weighted by atomic mass is 10.1. The predicted octanol–water partition coefficient (Wildman–Crippen LogP) is 1.75. The van der Waals surface area contributed by atoms with E-state index in [2.05, 4.69) is 10.2 Å². The van der Waals surface area contributed by atoms with Gasteiger partial charge in [-0.2, -0.15) is 0 Å². The third kappa shape index (κ3) is 4.26. The highest BCUT2D eigenvalue weighted by molar-refractivity contribution is 5.88. The van der Waals surface area contributed by atoms with Gasteiger partial charge in [-0.3, -0.25) is 9.69 Å². The SMILES string of the molecule is O=C(CCN1C[C@@H]2CC[C@H]1C2)NCCOc1cccc(C(=O)O)c1. The van der Waals surface area contributed by atoms with E-state index in [0.717, 1.165) is 19.0 Å². The van der Waals surface area contributed by atoms with Crippen molar-refractivity contribution in [3.05, 3.63) is 29.8 Å². The van der Waals surface area contributed by atoms with Crippen LogP contribution in [0.3, 0.4) is 0 Å². The molecule has 0 unspecified atom stereocenters. The van der Waals surface area contributed by atoms with Gasteiger partial charge >= 0.3 is 5.97 Å². The molecule has 1 aliphatic heterocycles. The number of amides is 1. The first kappa shape index (κ1) is 16.8. The molecule has 0 aromatic heterocycles. The van der Waals surface area contributed by atoms with E-state index in [1.807, 2.05) is 0 Å². The Balaban J connectivity index is 1.31. The number of carbonyl (C=O) groups excluding carboxylic acids is 1. The van der Waals surface area contributed by atoms with Crippen LogP contribution >= 0.6 is 0 Å². The fraction of sp³-hybridized carbons (Fsp3) is 0.556. The maximum Gasteiger partial charge on any atom is 0.335 e. The largest absolute Gasteiger partial charge is 0.492 e. The van der Waals surface area contributed by atoms with Crippen LogP contribution in [-0.4, -0.2) is 54.2 Å². The lowest BCUT2D eigenvalue weighted by Gasteiger charge is -2.26. The number of aromatic carboxylic acids is 1. The molecule has 2 fully saturated rings. The standard InChI is InChI=1S/C18H24N2O4/c21-17(6-8-20-12-13-4-5-15(20)10-13)19-7-9-24-16-3-1-2-14(11-16)18(22)23/h1-3,11,13,15H,4-10,12H2,(H,19,21)(H,22,23)/t13-,15+/m1/s1. The summed E-state index contributed by atoms with van der Waals surface area (Å²) in [5.41, 5.74) is 0.191. The van der Waals surface area contributed by atoms with E-state index in [1.54, 1.807) is 12.1 Å². The predicted molar refractivity (Wildman–Crippen MR) is 89.2 cm³/mol. The van der Waals surface area contributed by atoms with Crippen molar-refractivity contribution in [3.63, 3.8) is 0 Å². The molecule has 2 bridgehead atoms. The normalized spacial score (nSPS) is 22.5. The molecule has 1 aromatic rings. The highest BCUT2D eigenvalue weighted by atomic mass is 16.5. The minimum Gasteiger partial charge on any atom is -0.492 e. The number of ether oxygens (including phenoxy) is 1. The van der Waals surface area contributed by atoms with Crippen molar-refractivity contribution in [1.29, 1.82) is 0 Å². The number of likely N-dealkylation sites (tertiary alicyclic amines) is 1. The first-order valence-corrected chi connectivity index (χ1v) is 8.59. The quantitative estimate of drug-likeness (QED) is 0.709. The van der Waals surface area contributed by atoms with Gasteiger partial charge in [0.15, 0.2) is 0 Å². The van der Waals surface area contributed by atoms with Gasteiger partial charge in [-0.15, -0.1) is 0 Å². The molecule has 2 N–H and O–H groups in total. The Morgan fingerprint density at radius 2 is 2.21 bits per heavy atom. The highest BCUT2D eigenvalue weighted by Gasteiger charge is 2.37. The molecule has 2 aliphatic rings. The average Bonchev–Trinajstić information content (AvgIpc) is 3.20. The van der Waals surface area contributed by atoms with Crippen molar-refractivity contribution in [2.24, 2.45) is 5.92 Å². The third-order valence-corrected chi connectivity index (χ3v) is 4.92. The molecule has 0 radical (unpaired) electrons. The van der Waals surface area contributed by atoms with Crippen molar-refractivity contribution >= 4 is 11.9 Å². The maximum atomic E-state index is 11.9. The Morgan fingerprint density at radius 1 is 1.33 bits per heavy atom. The van der Waals surface area contributed by atoms with Crippen LogP contribution in [0.1, 0.15) is 36.0 Å². The number of piperidine rings is 1. The summed E-state index contributed by atoms with van der Waals surface area (Å²) < 4.78 is 5.48. The van der Waals surface area contributed by atoms with Crippen molar-refractivity contribution in [1.82, 2.24) is 10.2 Å². The third-order valence-electron chi connectivity index (χ3n) is 4.92. The molecule has 3 rings (SSSR count). The van der Waals surface area contributed by atoms with Crippen LogP contribution in [-0.2, 0) is 4.79 Å². The Labute approximate surface area is 141 Å². The molecule has 2 atom stereocenters. The zero-order valence-corrected chi connectivity index (χ0v) is 13.7. The number of carboxylic acid groups (broad SMARTS) is 1. The number of hydrogen-bond acceptors (Lipinski definition) is 4. The molecule has 130 valence electrons. The van der Waals surface area contributed by atoms with E-state index in [9.17, 15) is 9.59 Å². The summed E-state index contributed by atoms with van der Waals surface area (Å²) in [5.74, 6) is 0.412. The fourth-order valence-corrected chi connectivity index (χ4v) is 3.71. The van der Waals surface area contributed by atoms with E-state index in [4.69, 9.17) is 9.84 Å². The monoisotopic (exact) mass is 332 g/mol. The van der Waals surface area contributed by atoms with E-state index in [1.165, 1.54) is 31.4 Å². The van der Waals surface area contributed by atoms with Gasteiger partial charge < -0.3 is 15.2 Å². The number of carbonyl (C=O) groups is 2. The van der Waals surface area contributed by atoms with Crippen LogP contribution in [0.15, 0.2) is 24.3 Å². The van der Waals surface area contributed by atoms with E-state index in [-0.39, 0.29) is 11.5 Å². The molecular formula is C18H24N2O4. The lowest BCUT2D eigenvalue weighted by Crippen LogP contribution is -2.36. The van der Waals surface area contributed by atoms with Gasteiger partial charge in [0, 0.05) is 25.6 Å². The number of benzene rings is 1. The molecule has 1 heterocycles. The van der Waals surface area contributed by atoms with Gasteiger partial charge in [0.1, 0.15) is 12.4 Å². The van der Waals surface area contributed by atoms with Crippen LogP contribution in [0.4, 0.5) is 0 Å². The van der Waals surface area contributed by atoms with Crippen LogP contribution < -0.4 is 10.1 Å². The Kier molecular flexibility index (Phi) is 5.35. The van der Waals surface area contributed by atoms with Gasteiger partial charge in [-0.25, -0.2) is 4.79 Å². The van der Waals surface area contributed by atoms with Crippen LogP contribution in [0, 0.1) is 5.92 Å². The van der Waals surface area contributed by atoms with Gasteiger partial charge in [0.05, 0.1) is 12.1 Å². The van der Waals surface area contributed by atoms with Crippen LogP contribution in [0.5, 0.6) is 5.75 Å². The number of nitrogens with zero attached hydrogens (tertiary/aromatic N) is 1. The average molecular weight is 332 g/mol. The Hall–Kier alpha value is -2.08. The van der Waals surface area contributed by atoms with Crippen LogP contribution in [0.25, 0.3) is 0 Å². The first-order chi connectivity index (χ1) is 11.6. The van der Waals surface area contributed by atoms with Crippen molar-refractivity contribution in [2.45, 2.75) is 31.7 Å². The number of hydrogen-bond donors (Lipinski definition) is 2. The summed E-state index contributed by atoms with van der Waals surface area (Å²) in [6.07, 6.45) is 4.48. The molecule has 24 heavy (non-hydrogen) atoms. The Morgan fingerprint density at radius 3 is 2.92 bits per heavy atom. The zero-order chi connectivity index (χ0) is 16.9. The molecule has 6 nitrogen and oxygen atoms in total. The molecule has 1 saturated carbocycles. The van der Waals surface area contributed by atoms with Crippen molar-refractivity contribution in [3.8, 4) is 5.75 Å². The molecule has 0 spiro atoms. The minimum absolute atomic E-state index is 0.0423. The van der Waals surface area contributed by atoms with Gasteiger partial charge in [-0.1, -0.05) is 6.07 Å². The van der Waals surface area contributed by atoms with Gasteiger partial charge in [0.25, 0.3) is 0 Å². The summed E-state index contributed by atoms with van der Waals surface area (Å²) in [4.78, 5) is 25.2. The molecule has 6 heteroatoms. The molecular weight excluding hydrogens is 308 g/mol. The Bertz CT molecular complexity index is 604. The molecule has 1 aliphatic carbocycles. The number of nitrogens with one attached hydrogen (secondary N) is 1. The minimum atomic E-state index is -0.982. The summed E-state index contributed by atoms with van der Waals surface area (Å²) in [6.45, 7) is 2.74. The second kappa shape index (κ2) is 7.66. The smallest absolute Gasteiger partial charge is 0.335 e. The molecule has 1 aromatic carbocycles. The van der Waals surface area contributed by atoms with E-state index in [0.29, 0.717) is 31.4 Å². The van der Waals surface area contributed by atoms with Gasteiger partial charge in [-0.05, 0) is 43.4 Å². The zero-order valence-electron chi connectivity index (χ0n) is 13.7. The second-order valence-electron chi connectivity index (χ2n) is 6.61. The number of fused-ring (bicyclic) bond motifs is 2. The first-order valence-electron chi connectivity index (χ1n) is 8.59. The van der Waals surface area contributed by atoms with E-state index < -0.39 is 5.97 Å². The summed E-state index contributed by atoms with van der Waals surface area (Å²) in [5, 5.41) is 11.8. The topological polar surface area (TPSA) is 78.9 Å². The highest BCUT2D eigenvalue weighted by Crippen LogP contribution is 2.37. The number of rotatable bonds is 8. The maximum absolute atomic E-state index is 11.9. The second-order valence-corrected chi connectivity index (χ2v) is 6.61. The summed E-state index contributed by atoms with van der Waals surface area (Å²) in [7, 11) is 0. The van der Waals surface area contributed by atoms with Crippen molar-refractivity contribution < 1.29 is 19.4 Å². The molecule has 1 amide bonds. The van der Waals surface area contributed by atoms with Crippen molar-refractivity contribution in [2.75, 3.05) is 26.2 Å². The number of carboxylic acids is 1. The molecule has 1 saturated heterocycles. The lowest BCUT2D eigenvalue weighted by molar-refractivity contribution is -0.121. The fourth-order valence-electron chi connectivity index (χ4n) is 3.71.